The molecular formula is C18H21NO. The van der Waals surface area contributed by atoms with Crippen LogP contribution in [0.5, 0.6) is 0 Å². The molecule has 1 unspecified atom stereocenters. The molecule has 2 N–H and O–H groups in total. The first-order chi connectivity index (χ1) is 9.70. The molecule has 0 radical (unpaired) electrons. The maximum absolute atomic E-state index is 5.99. The van der Waals surface area contributed by atoms with Gasteiger partial charge >= 0.3 is 0 Å². The van der Waals surface area contributed by atoms with Gasteiger partial charge in [0.05, 0.1) is 13.2 Å². The van der Waals surface area contributed by atoms with Crippen LogP contribution in [0.4, 0.5) is 0 Å². The van der Waals surface area contributed by atoms with Crippen molar-refractivity contribution in [3.8, 4) is 11.1 Å². The second-order valence-electron chi connectivity index (χ2n) is 5.90. The van der Waals surface area contributed by atoms with Gasteiger partial charge < -0.3 is 10.5 Å². The minimum atomic E-state index is 0.128. The summed E-state index contributed by atoms with van der Waals surface area (Å²) in [6.45, 7) is 3.65. The SMILES string of the molecule is CC(N)CC1(c2ccc(-c3ccccc3)cc2)COC1. The lowest BCUT2D eigenvalue weighted by Gasteiger charge is -2.43. The topological polar surface area (TPSA) is 35.2 Å². The van der Waals surface area contributed by atoms with Gasteiger partial charge in [-0.2, -0.15) is 0 Å². The van der Waals surface area contributed by atoms with Crippen molar-refractivity contribution in [2.75, 3.05) is 13.2 Å². The number of hydrogen-bond acceptors (Lipinski definition) is 2. The third-order valence-electron chi connectivity index (χ3n) is 4.07. The molecule has 2 aromatic rings. The molecule has 3 rings (SSSR count). The summed E-state index contributed by atoms with van der Waals surface area (Å²) < 4.78 is 5.45. The van der Waals surface area contributed by atoms with E-state index in [4.69, 9.17) is 10.5 Å². The molecule has 0 saturated carbocycles. The fraction of sp³-hybridized carbons (Fsp3) is 0.333. The molecule has 1 aliphatic heterocycles. The highest BCUT2D eigenvalue weighted by atomic mass is 16.5. The van der Waals surface area contributed by atoms with Crippen molar-refractivity contribution in [2.45, 2.75) is 24.8 Å². The van der Waals surface area contributed by atoms with Crippen LogP contribution in [0.1, 0.15) is 18.9 Å². The highest BCUT2D eigenvalue weighted by Crippen LogP contribution is 2.37. The van der Waals surface area contributed by atoms with Crippen LogP contribution in [-0.2, 0) is 10.2 Å². The van der Waals surface area contributed by atoms with E-state index in [1.54, 1.807) is 0 Å². The van der Waals surface area contributed by atoms with E-state index in [9.17, 15) is 0 Å². The third kappa shape index (κ3) is 2.49. The number of hydrogen-bond donors (Lipinski definition) is 1. The number of benzene rings is 2. The van der Waals surface area contributed by atoms with Gasteiger partial charge in [-0.15, -0.1) is 0 Å². The van der Waals surface area contributed by atoms with Crippen LogP contribution in [0.3, 0.4) is 0 Å². The highest BCUT2D eigenvalue weighted by molar-refractivity contribution is 5.63. The summed E-state index contributed by atoms with van der Waals surface area (Å²) in [6, 6.07) is 19.5. The first kappa shape index (κ1) is 13.3. The molecule has 104 valence electrons. The molecule has 0 spiro atoms. The molecule has 2 heteroatoms. The van der Waals surface area contributed by atoms with Crippen LogP contribution in [0.15, 0.2) is 54.6 Å². The van der Waals surface area contributed by atoms with Crippen molar-refractivity contribution < 1.29 is 4.74 Å². The number of ether oxygens (including phenoxy) is 1. The molecule has 2 nitrogen and oxygen atoms in total. The van der Waals surface area contributed by atoms with Gasteiger partial charge in [-0.3, -0.25) is 0 Å². The second kappa shape index (κ2) is 5.39. The van der Waals surface area contributed by atoms with Gasteiger partial charge in [-0.05, 0) is 30.0 Å². The average Bonchev–Trinajstić information content (AvgIpc) is 2.44. The molecule has 2 aromatic carbocycles. The molecule has 1 fully saturated rings. The Morgan fingerprint density at radius 2 is 1.60 bits per heavy atom. The molecule has 0 aromatic heterocycles. The lowest BCUT2D eigenvalue weighted by Crippen LogP contribution is -2.49. The maximum atomic E-state index is 5.99. The van der Waals surface area contributed by atoms with Crippen molar-refractivity contribution in [2.24, 2.45) is 5.73 Å². The summed E-state index contributed by atoms with van der Waals surface area (Å²) in [4.78, 5) is 0. The monoisotopic (exact) mass is 267 g/mol. The van der Waals surface area contributed by atoms with Crippen molar-refractivity contribution in [1.29, 1.82) is 0 Å². The summed E-state index contributed by atoms with van der Waals surface area (Å²) in [5.74, 6) is 0. The lowest BCUT2D eigenvalue weighted by atomic mass is 9.74. The number of rotatable bonds is 4. The summed E-state index contributed by atoms with van der Waals surface area (Å²) in [5.41, 5.74) is 9.98. The van der Waals surface area contributed by atoms with Crippen LogP contribution in [0.2, 0.25) is 0 Å². The molecule has 1 aliphatic rings. The van der Waals surface area contributed by atoms with Crippen molar-refractivity contribution in [1.82, 2.24) is 0 Å². The number of nitrogens with two attached hydrogens (primary N) is 1. The second-order valence-corrected chi connectivity index (χ2v) is 5.90. The third-order valence-corrected chi connectivity index (χ3v) is 4.07. The van der Waals surface area contributed by atoms with Crippen molar-refractivity contribution >= 4 is 0 Å². The van der Waals surface area contributed by atoms with E-state index in [0.717, 1.165) is 19.6 Å². The Hall–Kier alpha value is -1.64. The lowest BCUT2D eigenvalue weighted by molar-refractivity contribution is -0.0665. The Kier molecular flexibility index (Phi) is 3.60. The Bertz CT molecular complexity index is 556. The van der Waals surface area contributed by atoms with Gasteiger partial charge in [0.2, 0.25) is 0 Å². The van der Waals surface area contributed by atoms with E-state index < -0.39 is 0 Å². The molecular weight excluding hydrogens is 246 g/mol. The molecule has 1 heterocycles. The standard InChI is InChI=1S/C18H21NO/c1-14(19)11-18(12-20-13-18)17-9-7-16(8-10-17)15-5-3-2-4-6-15/h2-10,14H,11-13,19H2,1H3. The van der Waals surface area contributed by atoms with Crippen LogP contribution < -0.4 is 5.73 Å². The average molecular weight is 267 g/mol. The fourth-order valence-electron chi connectivity index (χ4n) is 3.01. The van der Waals surface area contributed by atoms with Crippen LogP contribution in [-0.4, -0.2) is 19.3 Å². The van der Waals surface area contributed by atoms with Gasteiger partial charge in [-0.1, -0.05) is 54.6 Å². The summed E-state index contributed by atoms with van der Waals surface area (Å²) >= 11 is 0. The molecule has 0 aliphatic carbocycles. The van der Waals surface area contributed by atoms with Gasteiger partial charge in [0.15, 0.2) is 0 Å². The highest BCUT2D eigenvalue weighted by Gasteiger charge is 2.40. The Morgan fingerprint density at radius 1 is 1.00 bits per heavy atom. The Morgan fingerprint density at radius 3 is 2.10 bits per heavy atom. The first-order valence-electron chi connectivity index (χ1n) is 7.19. The molecule has 0 bridgehead atoms. The minimum absolute atomic E-state index is 0.128. The van der Waals surface area contributed by atoms with Crippen molar-refractivity contribution in [3.63, 3.8) is 0 Å². The Labute approximate surface area is 120 Å². The zero-order chi connectivity index (χ0) is 14.0. The van der Waals surface area contributed by atoms with E-state index >= 15 is 0 Å². The molecule has 1 atom stereocenters. The normalized spacial score (nSPS) is 18.3. The minimum Gasteiger partial charge on any atom is -0.379 e. The predicted molar refractivity (Wildman–Crippen MR) is 82.6 cm³/mol. The predicted octanol–water partition coefficient (Wildman–Crippen LogP) is 3.36. The summed E-state index contributed by atoms with van der Waals surface area (Å²) in [5, 5.41) is 0. The Balaban J connectivity index is 1.86. The van der Waals surface area contributed by atoms with E-state index in [0.29, 0.717) is 0 Å². The van der Waals surface area contributed by atoms with E-state index in [1.165, 1.54) is 16.7 Å². The molecule has 0 amide bonds. The zero-order valence-corrected chi connectivity index (χ0v) is 11.9. The fourth-order valence-corrected chi connectivity index (χ4v) is 3.01. The van der Waals surface area contributed by atoms with E-state index in [-0.39, 0.29) is 11.5 Å². The van der Waals surface area contributed by atoms with Gasteiger partial charge in [0.1, 0.15) is 0 Å². The van der Waals surface area contributed by atoms with Crippen LogP contribution >= 0.6 is 0 Å². The van der Waals surface area contributed by atoms with Crippen molar-refractivity contribution in [3.05, 3.63) is 60.2 Å². The van der Waals surface area contributed by atoms with Gasteiger partial charge in [-0.25, -0.2) is 0 Å². The van der Waals surface area contributed by atoms with Gasteiger partial charge in [0, 0.05) is 11.5 Å². The zero-order valence-electron chi connectivity index (χ0n) is 11.9. The van der Waals surface area contributed by atoms with Crippen LogP contribution in [0, 0.1) is 0 Å². The summed E-state index contributed by atoms with van der Waals surface area (Å²) in [6.07, 6.45) is 0.984. The van der Waals surface area contributed by atoms with E-state index in [2.05, 4.69) is 55.5 Å². The van der Waals surface area contributed by atoms with E-state index in [1.807, 2.05) is 6.07 Å². The quantitative estimate of drug-likeness (QED) is 0.922. The maximum Gasteiger partial charge on any atom is 0.0586 e. The first-order valence-corrected chi connectivity index (χ1v) is 7.19. The smallest absolute Gasteiger partial charge is 0.0586 e. The molecule has 20 heavy (non-hydrogen) atoms. The summed E-state index contributed by atoms with van der Waals surface area (Å²) in [7, 11) is 0. The van der Waals surface area contributed by atoms with Crippen LogP contribution in [0.25, 0.3) is 11.1 Å². The molecule has 1 saturated heterocycles. The van der Waals surface area contributed by atoms with Gasteiger partial charge in [0.25, 0.3) is 0 Å². The largest absolute Gasteiger partial charge is 0.379 e.